The van der Waals surface area contributed by atoms with Crippen molar-refractivity contribution < 1.29 is 14.1 Å². The van der Waals surface area contributed by atoms with Crippen molar-refractivity contribution in [1.82, 2.24) is 15.5 Å². The first-order valence-corrected chi connectivity index (χ1v) is 7.45. The smallest absolute Gasteiger partial charge is 0.255 e. The highest BCUT2D eigenvalue weighted by molar-refractivity contribution is 5.97. The molecule has 0 fully saturated rings. The molecule has 1 N–H and O–H groups in total. The first-order chi connectivity index (χ1) is 10.6. The van der Waals surface area contributed by atoms with Gasteiger partial charge in [-0.05, 0) is 25.0 Å². The van der Waals surface area contributed by atoms with Crippen LogP contribution in [0.2, 0.25) is 0 Å². The number of amides is 1. The maximum absolute atomic E-state index is 12.4. The molecule has 0 unspecified atom stereocenters. The molecule has 0 radical (unpaired) electrons. The van der Waals surface area contributed by atoms with Crippen molar-refractivity contribution in [2.45, 2.75) is 46.3 Å². The number of aryl methyl sites for hydroxylation is 1. The fourth-order valence-corrected chi connectivity index (χ4v) is 2.08. The molecule has 2 aromatic rings. The monoisotopic (exact) mass is 303 g/mol. The predicted octanol–water partition coefficient (Wildman–Crippen LogP) is 2.88. The highest BCUT2D eigenvalue weighted by atomic mass is 16.5. The Hall–Kier alpha value is -2.37. The summed E-state index contributed by atoms with van der Waals surface area (Å²) in [6.45, 7) is 5.98. The molecule has 1 aromatic heterocycles. The standard InChI is InChI=1S/C16H21N3O3/c1-4-12(5-2)18-16(20)13-8-6-7-9-14(13)21-10-15-17-11(3)22-19-15/h6-9,12H,4-5,10H2,1-3H3,(H,18,20). The zero-order chi connectivity index (χ0) is 15.9. The van der Waals surface area contributed by atoms with E-state index in [0.29, 0.717) is 23.0 Å². The molecule has 0 bridgehead atoms. The van der Waals surface area contributed by atoms with Gasteiger partial charge in [0.15, 0.2) is 6.61 Å². The van der Waals surface area contributed by atoms with Crippen molar-refractivity contribution in [1.29, 1.82) is 0 Å². The second kappa shape index (κ2) is 7.59. The maximum Gasteiger partial charge on any atom is 0.255 e. The molecule has 6 nitrogen and oxygen atoms in total. The van der Waals surface area contributed by atoms with Crippen LogP contribution in [-0.2, 0) is 6.61 Å². The Morgan fingerprint density at radius 3 is 2.68 bits per heavy atom. The van der Waals surface area contributed by atoms with Gasteiger partial charge in [0.2, 0.25) is 11.7 Å². The summed E-state index contributed by atoms with van der Waals surface area (Å²) in [6.07, 6.45) is 1.79. The molecule has 1 aromatic carbocycles. The summed E-state index contributed by atoms with van der Waals surface area (Å²) in [5, 5.41) is 6.78. The van der Waals surface area contributed by atoms with Gasteiger partial charge in [0, 0.05) is 13.0 Å². The molecule has 6 heteroatoms. The number of rotatable bonds is 7. The van der Waals surface area contributed by atoms with Gasteiger partial charge in [-0.2, -0.15) is 4.98 Å². The largest absolute Gasteiger partial charge is 0.485 e. The van der Waals surface area contributed by atoms with Crippen LogP contribution in [0.3, 0.4) is 0 Å². The molecule has 1 amide bonds. The number of carbonyl (C=O) groups excluding carboxylic acids is 1. The SMILES string of the molecule is CCC(CC)NC(=O)c1ccccc1OCc1noc(C)n1. The minimum Gasteiger partial charge on any atom is -0.485 e. The molecule has 2 rings (SSSR count). The topological polar surface area (TPSA) is 77.2 Å². The van der Waals surface area contributed by atoms with Crippen LogP contribution in [0.15, 0.2) is 28.8 Å². The molecule has 1 heterocycles. The number of nitrogens with zero attached hydrogens (tertiary/aromatic N) is 2. The van der Waals surface area contributed by atoms with E-state index in [1.807, 2.05) is 12.1 Å². The number of carbonyl (C=O) groups is 1. The van der Waals surface area contributed by atoms with Gasteiger partial charge in [0.25, 0.3) is 5.91 Å². The van der Waals surface area contributed by atoms with Gasteiger partial charge in [-0.15, -0.1) is 0 Å². The summed E-state index contributed by atoms with van der Waals surface area (Å²) in [4.78, 5) is 16.4. The van der Waals surface area contributed by atoms with Crippen LogP contribution < -0.4 is 10.1 Å². The summed E-state index contributed by atoms with van der Waals surface area (Å²) in [5.41, 5.74) is 0.509. The van der Waals surface area contributed by atoms with Crippen molar-refractivity contribution in [3.63, 3.8) is 0 Å². The van der Waals surface area contributed by atoms with E-state index in [0.717, 1.165) is 12.8 Å². The molecule has 0 atom stereocenters. The molecule has 0 saturated heterocycles. The van der Waals surface area contributed by atoms with Crippen molar-refractivity contribution in [2.75, 3.05) is 0 Å². The van der Waals surface area contributed by atoms with Gasteiger partial charge in [-0.1, -0.05) is 31.1 Å². The normalized spacial score (nSPS) is 10.7. The lowest BCUT2D eigenvalue weighted by molar-refractivity contribution is 0.0930. The number of hydrogen-bond acceptors (Lipinski definition) is 5. The van der Waals surface area contributed by atoms with Crippen LogP contribution in [0.5, 0.6) is 5.75 Å². The first-order valence-electron chi connectivity index (χ1n) is 7.45. The molecule has 22 heavy (non-hydrogen) atoms. The Morgan fingerprint density at radius 2 is 2.05 bits per heavy atom. The highest BCUT2D eigenvalue weighted by Crippen LogP contribution is 2.19. The fraction of sp³-hybridized carbons (Fsp3) is 0.438. The average molecular weight is 303 g/mol. The number of benzene rings is 1. The van der Waals surface area contributed by atoms with Crippen molar-refractivity contribution >= 4 is 5.91 Å². The number of hydrogen-bond donors (Lipinski definition) is 1. The summed E-state index contributed by atoms with van der Waals surface area (Å²) in [6, 6.07) is 7.31. The fourth-order valence-electron chi connectivity index (χ4n) is 2.08. The van der Waals surface area contributed by atoms with Gasteiger partial charge >= 0.3 is 0 Å². The predicted molar refractivity (Wildman–Crippen MR) is 81.6 cm³/mol. The lowest BCUT2D eigenvalue weighted by Crippen LogP contribution is -2.34. The van der Waals surface area contributed by atoms with Crippen LogP contribution in [0.4, 0.5) is 0 Å². The Morgan fingerprint density at radius 1 is 1.32 bits per heavy atom. The molecule has 0 spiro atoms. The molecular formula is C16H21N3O3. The first kappa shape index (κ1) is 16.0. The summed E-state index contributed by atoms with van der Waals surface area (Å²) >= 11 is 0. The highest BCUT2D eigenvalue weighted by Gasteiger charge is 2.15. The van der Waals surface area contributed by atoms with E-state index in [-0.39, 0.29) is 18.6 Å². The van der Waals surface area contributed by atoms with Crippen LogP contribution >= 0.6 is 0 Å². The Bertz CT molecular complexity index is 621. The van der Waals surface area contributed by atoms with Crippen LogP contribution in [0.25, 0.3) is 0 Å². The Kier molecular flexibility index (Phi) is 5.52. The third kappa shape index (κ3) is 4.07. The van der Waals surface area contributed by atoms with Gasteiger partial charge in [-0.25, -0.2) is 0 Å². The summed E-state index contributed by atoms with van der Waals surface area (Å²) in [7, 11) is 0. The van der Waals surface area contributed by atoms with E-state index in [9.17, 15) is 4.79 Å². The lowest BCUT2D eigenvalue weighted by atomic mass is 10.1. The Balaban J connectivity index is 2.07. The molecule has 0 aliphatic heterocycles. The van der Waals surface area contributed by atoms with Gasteiger partial charge < -0.3 is 14.6 Å². The van der Waals surface area contributed by atoms with Crippen LogP contribution in [0, 0.1) is 6.92 Å². The average Bonchev–Trinajstić information content (AvgIpc) is 2.96. The minimum atomic E-state index is -0.131. The van der Waals surface area contributed by atoms with E-state index in [4.69, 9.17) is 9.26 Å². The molecule has 0 aliphatic rings. The van der Waals surface area contributed by atoms with Gasteiger partial charge in [-0.3, -0.25) is 4.79 Å². The number of para-hydroxylation sites is 1. The third-order valence-corrected chi connectivity index (χ3v) is 3.38. The zero-order valence-electron chi connectivity index (χ0n) is 13.1. The van der Waals surface area contributed by atoms with Gasteiger partial charge in [0.1, 0.15) is 5.75 Å². The van der Waals surface area contributed by atoms with E-state index in [1.165, 1.54) is 0 Å². The molecule has 0 aliphatic carbocycles. The number of aromatic nitrogens is 2. The van der Waals surface area contributed by atoms with E-state index < -0.39 is 0 Å². The number of nitrogens with one attached hydrogen (secondary N) is 1. The van der Waals surface area contributed by atoms with Crippen molar-refractivity contribution in [2.24, 2.45) is 0 Å². The van der Waals surface area contributed by atoms with E-state index in [2.05, 4.69) is 29.3 Å². The zero-order valence-corrected chi connectivity index (χ0v) is 13.1. The van der Waals surface area contributed by atoms with Crippen molar-refractivity contribution in [3.05, 3.63) is 41.5 Å². The molecule has 118 valence electrons. The summed E-state index contributed by atoms with van der Waals surface area (Å²) < 4.78 is 10.6. The van der Waals surface area contributed by atoms with Crippen LogP contribution in [-0.4, -0.2) is 22.1 Å². The molecule has 0 saturated carbocycles. The van der Waals surface area contributed by atoms with Crippen molar-refractivity contribution in [3.8, 4) is 5.75 Å². The van der Waals surface area contributed by atoms with Gasteiger partial charge in [0.05, 0.1) is 5.56 Å². The number of ether oxygens (including phenoxy) is 1. The summed E-state index contributed by atoms with van der Waals surface area (Å²) in [5.74, 6) is 1.31. The lowest BCUT2D eigenvalue weighted by Gasteiger charge is -2.16. The Labute approximate surface area is 129 Å². The maximum atomic E-state index is 12.4. The second-order valence-electron chi connectivity index (χ2n) is 5.00. The quantitative estimate of drug-likeness (QED) is 0.851. The van der Waals surface area contributed by atoms with Crippen LogP contribution in [0.1, 0.15) is 48.8 Å². The molecular weight excluding hydrogens is 282 g/mol. The van der Waals surface area contributed by atoms with E-state index in [1.54, 1.807) is 19.1 Å². The third-order valence-electron chi connectivity index (χ3n) is 3.38. The van der Waals surface area contributed by atoms with E-state index >= 15 is 0 Å². The minimum absolute atomic E-state index is 0.131. The second-order valence-corrected chi connectivity index (χ2v) is 5.00.